The largest absolute Gasteiger partial charge is 0.289 e. The van der Waals surface area contributed by atoms with Crippen LogP contribution in [-0.2, 0) is 6.42 Å². The molecule has 0 fully saturated rings. The highest BCUT2D eigenvalue weighted by Gasteiger charge is 2.20. The summed E-state index contributed by atoms with van der Waals surface area (Å²) in [5.74, 6) is 0.665. The highest BCUT2D eigenvalue weighted by atomic mass is 79.9. The first-order valence-corrected chi connectivity index (χ1v) is 38.7. The first kappa shape index (κ1) is 77.6. The van der Waals surface area contributed by atoms with Crippen LogP contribution in [-0.4, -0.2) is 26.4 Å². The van der Waals surface area contributed by atoms with Gasteiger partial charge in [0.1, 0.15) is 0 Å². The number of benzene rings is 16. The monoisotopic (exact) mass is 1530 g/mol. The van der Waals surface area contributed by atoms with E-state index >= 15 is 0 Å². The number of nitrogens with one attached hydrogen (secondary N) is 1. The Morgan fingerprint density at radius 3 is 0.754 bits per heavy atom. The molecule has 0 aliphatic carbocycles. The number of aryl methyl sites for hydroxylation is 1. The fraction of sp³-hybridized carbons (Fsp3) is 0.0187. The van der Waals surface area contributed by atoms with Crippen LogP contribution >= 0.6 is 15.9 Å². The lowest BCUT2D eigenvalue weighted by molar-refractivity contribution is 0.103. The molecule has 1 N–H and O–H groups in total. The fourth-order valence-corrected chi connectivity index (χ4v) is 13.7. The standard InChI is InChI=1S/C27H20N4.C27H19N.C26H19Br.C14H12O.C13H12/c1-4-10-20(11-5-1)25(21-12-6-2-7-13-21)26(22-14-8-3-9-15-22)23-16-18-24(19-17-23)27-28-30-31-29-27;28-20-21-16-18-25(19-17-21)27(24-14-8-3-9-15-24)26(22-10-4-1-5-11-22)23-12-6-2-7-13-23;27-24-18-16-23(17-19-24)26(22-14-8-3-9-15-22)25(20-10-4-1-5-11-20)21-12-6-2-7-13-21;1-11-7-9-13(10-8-11)14(15)12-5-3-2-4-6-12;1-3-7-12(8-4-1)11-13-9-5-2-6-10-13/h1-19H,(H,28,29,30,31);1-19H;1-19H;2-10H,1H3;1-10H,11H2. The molecular formula is C107H82BrN5O. The maximum absolute atomic E-state index is 12.0. The van der Waals surface area contributed by atoms with Gasteiger partial charge >= 0.3 is 0 Å². The van der Waals surface area contributed by atoms with Crippen LogP contribution in [0.1, 0.15) is 105 Å². The lowest BCUT2D eigenvalue weighted by atomic mass is 9.85. The molecule has 0 saturated heterocycles. The van der Waals surface area contributed by atoms with Gasteiger partial charge in [-0.25, -0.2) is 0 Å². The zero-order valence-electron chi connectivity index (χ0n) is 63.2. The fourth-order valence-electron chi connectivity index (χ4n) is 13.5. The molecule has 6 nitrogen and oxygen atoms in total. The number of hydrogen-bond donors (Lipinski definition) is 1. The van der Waals surface area contributed by atoms with Gasteiger partial charge in [0.05, 0.1) is 11.6 Å². The Hall–Kier alpha value is -14.6. The molecule has 17 rings (SSSR count). The third-order valence-corrected chi connectivity index (χ3v) is 19.5. The van der Waals surface area contributed by atoms with Crippen molar-refractivity contribution in [2.75, 3.05) is 0 Å². The van der Waals surface area contributed by atoms with Crippen molar-refractivity contribution >= 4 is 55.2 Å². The molecule has 0 aliphatic heterocycles. The van der Waals surface area contributed by atoms with Gasteiger partial charge in [0.15, 0.2) is 5.78 Å². The van der Waals surface area contributed by atoms with Gasteiger partial charge in [-0.15, -0.1) is 10.2 Å². The van der Waals surface area contributed by atoms with Crippen LogP contribution in [0.15, 0.2) is 466 Å². The number of aromatic amines is 1. The Bertz CT molecular complexity index is 5740. The second-order valence-electron chi connectivity index (χ2n) is 26.8. The summed E-state index contributed by atoms with van der Waals surface area (Å²) in [5, 5.41) is 23.5. The minimum atomic E-state index is 0.0793. The van der Waals surface area contributed by atoms with Crippen LogP contribution in [0.25, 0.3) is 44.8 Å². The van der Waals surface area contributed by atoms with Gasteiger partial charge in [0.2, 0.25) is 5.82 Å². The molecule has 1 heterocycles. The van der Waals surface area contributed by atoms with E-state index in [-0.39, 0.29) is 5.78 Å². The third kappa shape index (κ3) is 21.3. The lowest BCUT2D eigenvalue weighted by Crippen LogP contribution is -2.00. The summed E-state index contributed by atoms with van der Waals surface area (Å²) >= 11 is 3.56. The highest BCUT2D eigenvalue weighted by molar-refractivity contribution is 9.10. The van der Waals surface area contributed by atoms with Gasteiger partial charge in [0.25, 0.3) is 0 Å². The van der Waals surface area contributed by atoms with E-state index in [4.69, 9.17) is 0 Å². The van der Waals surface area contributed by atoms with Crippen molar-refractivity contribution in [1.82, 2.24) is 20.6 Å². The number of carbonyl (C=O) groups excluding carboxylic acids is 1. The van der Waals surface area contributed by atoms with Crippen molar-refractivity contribution in [3.8, 4) is 17.5 Å². The Morgan fingerprint density at radius 1 is 0.281 bits per heavy atom. The second kappa shape index (κ2) is 40.8. The van der Waals surface area contributed by atoms with Crippen LogP contribution in [0.5, 0.6) is 0 Å². The van der Waals surface area contributed by atoms with E-state index in [1.807, 2.05) is 134 Å². The first-order chi connectivity index (χ1) is 56.3. The van der Waals surface area contributed by atoms with Gasteiger partial charge < -0.3 is 0 Å². The molecule has 0 saturated carbocycles. The molecule has 0 aliphatic rings. The normalized spacial score (nSPS) is 10.3. The minimum Gasteiger partial charge on any atom is -0.289 e. The average molecular weight is 1530 g/mol. The van der Waals surface area contributed by atoms with Crippen molar-refractivity contribution in [3.05, 3.63) is 566 Å². The molecule has 17 aromatic rings. The van der Waals surface area contributed by atoms with Crippen molar-refractivity contribution in [2.45, 2.75) is 13.3 Å². The number of nitriles is 1. The zero-order chi connectivity index (χ0) is 78.1. The van der Waals surface area contributed by atoms with Crippen molar-refractivity contribution < 1.29 is 4.79 Å². The van der Waals surface area contributed by atoms with Crippen LogP contribution < -0.4 is 0 Å². The molecule has 1 aromatic heterocycles. The summed E-state index contributed by atoms with van der Waals surface area (Å²) in [6.45, 7) is 2.01. The lowest BCUT2D eigenvalue weighted by Gasteiger charge is -2.18. The topological polar surface area (TPSA) is 95.3 Å². The molecule has 114 heavy (non-hydrogen) atoms. The molecule has 0 radical (unpaired) electrons. The van der Waals surface area contributed by atoms with Crippen molar-refractivity contribution in [3.63, 3.8) is 0 Å². The van der Waals surface area contributed by atoms with E-state index in [1.165, 1.54) is 77.9 Å². The number of ketones is 1. The molecule has 0 unspecified atom stereocenters. The molecule has 0 amide bonds. The van der Waals surface area contributed by atoms with Crippen LogP contribution in [0, 0.1) is 18.3 Å². The summed E-state index contributed by atoms with van der Waals surface area (Å²) in [7, 11) is 0. The summed E-state index contributed by atoms with van der Waals surface area (Å²) in [6, 6.07) is 160. The van der Waals surface area contributed by atoms with Crippen molar-refractivity contribution in [1.29, 1.82) is 5.26 Å². The number of nitrogens with zero attached hydrogens (tertiary/aromatic N) is 4. The van der Waals surface area contributed by atoms with E-state index < -0.39 is 0 Å². The predicted octanol–water partition coefficient (Wildman–Crippen LogP) is 26.4. The summed E-state index contributed by atoms with van der Waals surface area (Å²) in [6.07, 6.45) is 1.03. The Kier molecular flexibility index (Phi) is 27.7. The summed E-state index contributed by atoms with van der Waals surface area (Å²) < 4.78 is 1.08. The van der Waals surface area contributed by atoms with E-state index in [9.17, 15) is 10.1 Å². The van der Waals surface area contributed by atoms with E-state index in [0.29, 0.717) is 11.4 Å². The van der Waals surface area contributed by atoms with E-state index in [0.717, 1.165) is 66.5 Å². The van der Waals surface area contributed by atoms with Crippen LogP contribution in [0.2, 0.25) is 0 Å². The van der Waals surface area contributed by atoms with Crippen LogP contribution in [0.4, 0.5) is 0 Å². The van der Waals surface area contributed by atoms with E-state index in [2.05, 4.69) is 376 Å². The van der Waals surface area contributed by atoms with Crippen molar-refractivity contribution in [2.24, 2.45) is 0 Å². The number of carbonyl (C=O) groups is 1. The predicted molar refractivity (Wildman–Crippen MR) is 475 cm³/mol. The summed E-state index contributed by atoms with van der Waals surface area (Å²) in [5.41, 5.74) is 28.2. The van der Waals surface area contributed by atoms with Gasteiger partial charge in [-0.05, 0) is 154 Å². The number of halogens is 1. The number of tetrazole rings is 1. The molecule has 0 atom stereocenters. The maximum Gasteiger partial charge on any atom is 0.204 e. The number of hydrogen-bond acceptors (Lipinski definition) is 5. The average Bonchev–Trinajstić information content (AvgIpc) is 0.822. The Morgan fingerprint density at radius 2 is 0.500 bits per heavy atom. The third-order valence-electron chi connectivity index (χ3n) is 19.0. The first-order valence-electron chi connectivity index (χ1n) is 37.9. The molecule has 0 spiro atoms. The summed E-state index contributed by atoms with van der Waals surface area (Å²) in [4.78, 5) is 12.0. The molecular weight excluding hydrogens is 1450 g/mol. The second-order valence-corrected chi connectivity index (χ2v) is 27.7. The number of H-pyrrole nitrogens is 1. The smallest absolute Gasteiger partial charge is 0.204 e. The quantitative estimate of drug-likeness (QED) is 0.0724. The molecule has 7 heteroatoms. The van der Waals surface area contributed by atoms with Gasteiger partial charge in [-0.3, -0.25) is 4.79 Å². The zero-order valence-corrected chi connectivity index (χ0v) is 64.7. The maximum atomic E-state index is 12.0. The minimum absolute atomic E-state index is 0.0793. The van der Waals surface area contributed by atoms with E-state index in [1.54, 1.807) is 0 Å². The number of aromatic nitrogens is 4. The Balaban J connectivity index is 0.000000128. The molecule has 548 valence electrons. The van der Waals surface area contributed by atoms with Crippen LogP contribution in [0.3, 0.4) is 0 Å². The SMILES string of the molecule is Brc1ccc(C(=C(c2ccccc2)c2ccccc2)c2ccccc2)cc1.Cc1ccc(C(=O)c2ccccc2)cc1.N#Cc1ccc(C(=C(c2ccccc2)c2ccccc2)c2ccccc2)cc1.c1ccc(C(=C(c2ccccc2)c2ccc(-c3nn[nH]n3)cc2)c2ccccc2)cc1.c1ccc(Cc2ccccc2)cc1. The van der Waals surface area contributed by atoms with Gasteiger partial charge in [0, 0.05) is 21.2 Å². The molecule has 0 bridgehead atoms. The molecule has 16 aromatic carbocycles. The van der Waals surface area contributed by atoms with Gasteiger partial charge in [-0.2, -0.15) is 10.5 Å². The Labute approximate surface area is 677 Å². The van der Waals surface area contributed by atoms with Gasteiger partial charge in [-0.1, -0.05) is 458 Å². The number of rotatable bonds is 17. The highest BCUT2D eigenvalue weighted by Crippen LogP contribution is 2.41.